The summed E-state index contributed by atoms with van der Waals surface area (Å²) in [4.78, 5) is 51.1. The number of amides is 2. The lowest BCUT2D eigenvalue weighted by Crippen LogP contribution is -2.67. The van der Waals surface area contributed by atoms with Crippen molar-refractivity contribution in [1.82, 2.24) is 19.4 Å². The average Bonchev–Trinajstić information content (AvgIpc) is 3.39. The molecule has 8 heteroatoms. The largest absolute Gasteiger partial charge is 0.339 e. The maximum Gasteiger partial charge on any atom is 0.317 e. The number of Topliss-reactive ketones (excluding diaryl/α,β-unsaturated/α-hetero) is 1. The third kappa shape index (κ3) is 2.84. The Morgan fingerprint density at radius 2 is 1.78 bits per heavy atom. The first-order valence-electron chi connectivity index (χ1n) is 11.7. The van der Waals surface area contributed by atoms with Crippen LogP contribution in [0.25, 0.3) is 11.0 Å². The molecule has 1 unspecified atom stereocenters. The van der Waals surface area contributed by atoms with Crippen LogP contribution in [0.1, 0.15) is 51.4 Å². The molecule has 0 bridgehead atoms. The number of amidine groups is 1. The number of nitrogens with zero attached hydrogens (tertiary/aromatic N) is 5. The van der Waals surface area contributed by atoms with E-state index in [1.54, 1.807) is 6.20 Å². The van der Waals surface area contributed by atoms with Crippen LogP contribution in [0.5, 0.6) is 0 Å². The van der Waals surface area contributed by atoms with Gasteiger partial charge in [-0.15, -0.1) is 0 Å². The van der Waals surface area contributed by atoms with Crippen LogP contribution in [0.4, 0.5) is 0 Å². The van der Waals surface area contributed by atoms with Crippen LogP contribution in [0, 0.1) is 0 Å². The standard InChI is InChI=1S/C24H27N5O3/c30-20-19-23(32)27(17-6-3-7-17)13-14-28(19)18(26-22(20)31)15-24(9-1-2-10-24)29-12-8-16-5-4-11-25-21(16)29/h4-5,8,11-12,17,19H,1-3,6-7,9-10,13-15H2. The molecular weight excluding hydrogens is 406 g/mol. The smallest absolute Gasteiger partial charge is 0.317 e. The number of aromatic nitrogens is 2. The zero-order valence-electron chi connectivity index (χ0n) is 18.1. The molecule has 3 fully saturated rings. The lowest BCUT2D eigenvalue weighted by molar-refractivity contribution is -0.153. The third-order valence-corrected chi connectivity index (χ3v) is 7.93. The van der Waals surface area contributed by atoms with Crippen molar-refractivity contribution in [3.63, 3.8) is 0 Å². The van der Waals surface area contributed by atoms with Crippen molar-refractivity contribution in [3.05, 3.63) is 30.6 Å². The highest BCUT2D eigenvalue weighted by Gasteiger charge is 2.50. The summed E-state index contributed by atoms with van der Waals surface area (Å²) >= 11 is 0. The van der Waals surface area contributed by atoms with Crippen molar-refractivity contribution >= 4 is 34.5 Å². The van der Waals surface area contributed by atoms with Crippen LogP contribution in [-0.4, -0.2) is 68.0 Å². The van der Waals surface area contributed by atoms with Crippen molar-refractivity contribution in [2.75, 3.05) is 13.1 Å². The van der Waals surface area contributed by atoms with E-state index in [9.17, 15) is 14.4 Å². The van der Waals surface area contributed by atoms with Gasteiger partial charge >= 0.3 is 5.91 Å². The highest BCUT2D eigenvalue weighted by molar-refractivity contribution is 6.45. The highest BCUT2D eigenvalue weighted by Crippen LogP contribution is 2.43. The van der Waals surface area contributed by atoms with Gasteiger partial charge in [0.15, 0.2) is 6.04 Å². The zero-order valence-corrected chi connectivity index (χ0v) is 18.1. The summed E-state index contributed by atoms with van der Waals surface area (Å²) in [5.74, 6) is -1.11. The van der Waals surface area contributed by atoms with E-state index in [0.29, 0.717) is 25.3 Å². The number of hydrogen-bond donors (Lipinski definition) is 0. The van der Waals surface area contributed by atoms with E-state index < -0.39 is 17.7 Å². The van der Waals surface area contributed by atoms with Crippen molar-refractivity contribution in [2.45, 2.75) is 69.0 Å². The number of carbonyl (C=O) groups excluding carboxylic acids is 3. The minimum Gasteiger partial charge on any atom is -0.339 e. The SMILES string of the molecule is O=C1N=C(CC2(n3ccc4cccnc43)CCCC2)N2CCN(C3CCC3)C(=O)C2C1=O. The molecule has 2 aromatic rings. The van der Waals surface area contributed by atoms with Gasteiger partial charge in [0.2, 0.25) is 0 Å². The molecule has 0 spiro atoms. The first-order valence-corrected chi connectivity index (χ1v) is 11.7. The first kappa shape index (κ1) is 19.6. The van der Waals surface area contributed by atoms with Gasteiger partial charge in [-0.05, 0) is 50.3 Å². The molecule has 4 heterocycles. The van der Waals surface area contributed by atoms with E-state index in [0.717, 1.165) is 56.0 Å². The second kappa shape index (κ2) is 7.25. The Morgan fingerprint density at radius 1 is 1.00 bits per heavy atom. The summed E-state index contributed by atoms with van der Waals surface area (Å²) < 4.78 is 2.24. The summed E-state index contributed by atoms with van der Waals surface area (Å²) in [5, 5.41) is 1.08. The number of pyridine rings is 1. The summed E-state index contributed by atoms with van der Waals surface area (Å²) in [6, 6.07) is 5.23. The van der Waals surface area contributed by atoms with E-state index in [-0.39, 0.29) is 17.5 Å². The first-order chi connectivity index (χ1) is 15.6. The number of ketones is 1. The minimum absolute atomic E-state index is 0.216. The molecule has 2 aliphatic heterocycles. The van der Waals surface area contributed by atoms with Gasteiger partial charge in [-0.3, -0.25) is 14.4 Å². The van der Waals surface area contributed by atoms with Gasteiger partial charge < -0.3 is 14.4 Å². The van der Waals surface area contributed by atoms with Crippen LogP contribution in [0.3, 0.4) is 0 Å². The van der Waals surface area contributed by atoms with Crippen molar-refractivity contribution in [1.29, 1.82) is 0 Å². The summed E-state index contributed by atoms with van der Waals surface area (Å²) in [5.41, 5.74) is 0.671. The van der Waals surface area contributed by atoms with Gasteiger partial charge in [-0.2, -0.15) is 4.99 Å². The topological polar surface area (TPSA) is 87.9 Å². The molecule has 2 aliphatic carbocycles. The number of aliphatic imine (C=N–C) groups is 1. The predicted octanol–water partition coefficient (Wildman–Crippen LogP) is 2.27. The normalized spacial score (nSPS) is 25.8. The van der Waals surface area contributed by atoms with Crippen molar-refractivity contribution < 1.29 is 14.4 Å². The monoisotopic (exact) mass is 433 g/mol. The zero-order chi connectivity index (χ0) is 21.9. The number of rotatable bonds is 4. The minimum atomic E-state index is -1.04. The summed E-state index contributed by atoms with van der Waals surface area (Å²) in [6.07, 6.45) is 11.6. The van der Waals surface area contributed by atoms with E-state index in [1.807, 2.05) is 15.9 Å². The van der Waals surface area contributed by atoms with Crippen LogP contribution in [0.15, 0.2) is 35.6 Å². The fourth-order valence-electron chi connectivity index (χ4n) is 6.01. The fourth-order valence-corrected chi connectivity index (χ4v) is 6.01. The van der Waals surface area contributed by atoms with Gasteiger partial charge in [0.25, 0.3) is 11.7 Å². The van der Waals surface area contributed by atoms with Crippen molar-refractivity contribution in [3.8, 4) is 0 Å². The second-order valence-corrected chi connectivity index (χ2v) is 9.62. The molecule has 2 aromatic heterocycles. The average molecular weight is 434 g/mol. The molecule has 0 aromatic carbocycles. The van der Waals surface area contributed by atoms with Crippen LogP contribution < -0.4 is 0 Å². The molecule has 6 rings (SSSR count). The van der Waals surface area contributed by atoms with Crippen LogP contribution >= 0.6 is 0 Å². The number of piperazine rings is 1. The molecule has 8 nitrogen and oxygen atoms in total. The molecular formula is C24H27N5O3. The van der Waals surface area contributed by atoms with Crippen LogP contribution in [0.2, 0.25) is 0 Å². The Hall–Kier alpha value is -3.03. The Bertz CT molecular complexity index is 1140. The van der Waals surface area contributed by atoms with Gasteiger partial charge in [0.05, 0.1) is 5.54 Å². The lowest BCUT2D eigenvalue weighted by Gasteiger charge is -2.48. The number of carbonyl (C=O) groups is 3. The fraction of sp³-hybridized carbons (Fsp3) is 0.542. The Kier molecular flexibility index (Phi) is 4.45. The molecule has 1 atom stereocenters. The van der Waals surface area contributed by atoms with E-state index in [4.69, 9.17) is 0 Å². The summed E-state index contributed by atoms with van der Waals surface area (Å²) in [6.45, 7) is 1.13. The van der Waals surface area contributed by atoms with Crippen LogP contribution in [-0.2, 0) is 19.9 Å². The second-order valence-electron chi connectivity index (χ2n) is 9.62. The Labute approximate surface area is 186 Å². The number of fused-ring (bicyclic) bond motifs is 2. The van der Waals surface area contributed by atoms with Gasteiger partial charge in [0, 0.05) is 43.3 Å². The maximum absolute atomic E-state index is 13.3. The quantitative estimate of drug-likeness (QED) is 0.545. The summed E-state index contributed by atoms with van der Waals surface area (Å²) in [7, 11) is 0. The lowest BCUT2D eigenvalue weighted by atomic mass is 9.87. The molecule has 32 heavy (non-hydrogen) atoms. The van der Waals surface area contributed by atoms with Gasteiger partial charge in [-0.1, -0.05) is 12.8 Å². The highest BCUT2D eigenvalue weighted by atomic mass is 16.2. The Morgan fingerprint density at radius 3 is 2.53 bits per heavy atom. The van der Waals surface area contributed by atoms with E-state index in [2.05, 4.69) is 32.9 Å². The molecule has 2 saturated carbocycles. The van der Waals surface area contributed by atoms with Gasteiger partial charge in [-0.25, -0.2) is 4.98 Å². The predicted molar refractivity (Wildman–Crippen MR) is 118 cm³/mol. The molecule has 0 radical (unpaired) electrons. The number of hydrogen-bond acceptors (Lipinski definition) is 5. The van der Waals surface area contributed by atoms with Gasteiger partial charge in [0.1, 0.15) is 11.5 Å². The van der Waals surface area contributed by atoms with E-state index in [1.165, 1.54) is 0 Å². The molecule has 2 amide bonds. The maximum atomic E-state index is 13.3. The molecule has 1 saturated heterocycles. The Balaban J connectivity index is 1.36. The third-order valence-electron chi connectivity index (χ3n) is 7.93. The van der Waals surface area contributed by atoms with E-state index >= 15 is 0 Å². The molecule has 166 valence electrons. The molecule has 0 N–H and O–H groups in total. The molecule has 4 aliphatic rings. The van der Waals surface area contributed by atoms with Crippen molar-refractivity contribution in [2.24, 2.45) is 4.99 Å².